The second-order valence-electron chi connectivity index (χ2n) is 10.3. The lowest BCUT2D eigenvalue weighted by Crippen LogP contribution is -2.45. The maximum absolute atomic E-state index is 13.7. The summed E-state index contributed by atoms with van der Waals surface area (Å²) < 4.78 is 32.6. The van der Waals surface area contributed by atoms with Gasteiger partial charge in [0, 0.05) is 68.3 Å². The van der Waals surface area contributed by atoms with E-state index >= 15 is 0 Å². The number of amides is 2. The summed E-state index contributed by atoms with van der Waals surface area (Å²) in [5, 5.41) is 0.579. The third kappa shape index (κ3) is 6.12. The minimum absolute atomic E-state index is 0.0468. The van der Waals surface area contributed by atoms with E-state index in [9.17, 15) is 18.4 Å². The molecule has 2 aliphatic heterocycles. The Hall–Kier alpha value is -3.92. The molecule has 0 radical (unpaired) electrons. The molecule has 2 saturated heterocycles. The number of anilines is 2. The predicted octanol–water partition coefficient (Wildman–Crippen LogP) is 4.94. The number of halogens is 3. The molecule has 2 atom stereocenters. The lowest BCUT2D eigenvalue weighted by atomic mass is 9.93. The standard InChI is InChI=1S/C29H30ClF2N5O3/c1-35(29(39)40-24-13-21(31)12-22(32)14-24)26-17-37(16-25(26)18-2-4-20(30)5-3-18)28(38)19-8-10-36(11-9-19)23-6-7-27(33)34-15-23/h2-7,12-15,19,25-26H,8-11,16-17H2,1H3,(H2,33,34)/t25-,26+/m0/s1. The molecule has 11 heteroatoms. The van der Waals surface area contributed by atoms with Gasteiger partial charge in [-0.05, 0) is 42.7 Å². The van der Waals surface area contributed by atoms with E-state index in [0.29, 0.717) is 42.8 Å². The second kappa shape index (κ2) is 11.7. The Morgan fingerprint density at radius 3 is 2.33 bits per heavy atom. The first-order valence-electron chi connectivity index (χ1n) is 13.1. The molecule has 0 spiro atoms. The number of aromatic nitrogens is 1. The van der Waals surface area contributed by atoms with E-state index in [1.54, 1.807) is 36.3 Å². The van der Waals surface area contributed by atoms with Gasteiger partial charge in [-0.15, -0.1) is 0 Å². The van der Waals surface area contributed by atoms with Crippen molar-refractivity contribution in [2.24, 2.45) is 5.92 Å². The number of pyridine rings is 1. The number of nitrogens with zero attached hydrogens (tertiary/aromatic N) is 4. The minimum atomic E-state index is -0.846. The Kier molecular flexibility index (Phi) is 8.07. The second-order valence-corrected chi connectivity index (χ2v) is 10.7. The van der Waals surface area contributed by atoms with Crippen LogP contribution in [0.25, 0.3) is 0 Å². The van der Waals surface area contributed by atoms with Crippen molar-refractivity contribution in [1.82, 2.24) is 14.8 Å². The first kappa shape index (κ1) is 27.6. The van der Waals surface area contributed by atoms with Gasteiger partial charge in [0.2, 0.25) is 5.91 Å². The summed E-state index contributed by atoms with van der Waals surface area (Å²) in [7, 11) is 1.57. The molecule has 2 amide bonds. The number of benzene rings is 2. The van der Waals surface area contributed by atoms with E-state index in [0.717, 1.165) is 36.5 Å². The number of hydrogen-bond donors (Lipinski definition) is 1. The lowest BCUT2D eigenvalue weighted by Gasteiger charge is -2.34. The van der Waals surface area contributed by atoms with E-state index in [2.05, 4.69) is 9.88 Å². The summed E-state index contributed by atoms with van der Waals surface area (Å²) in [6, 6.07) is 13.2. The van der Waals surface area contributed by atoms with Gasteiger partial charge in [0.15, 0.2) is 0 Å². The number of carbonyl (C=O) groups excluding carboxylic acids is 2. The van der Waals surface area contributed by atoms with Crippen molar-refractivity contribution in [3.63, 3.8) is 0 Å². The molecule has 5 rings (SSSR count). The average Bonchev–Trinajstić information content (AvgIpc) is 3.38. The van der Waals surface area contributed by atoms with Crippen LogP contribution in [0, 0.1) is 17.6 Å². The summed E-state index contributed by atoms with van der Waals surface area (Å²) in [6.45, 7) is 2.16. The molecule has 8 nitrogen and oxygen atoms in total. The molecule has 3 aromatic rings. The Morgan fingerprint density at radius 2 is 1.70 bits per heavy atom. The molecule has 2 N–H and O–H groups in total. The van der Waals surface area contributed by atoms with Gasteiger partial charge in [-0.25, -0.2) is 18.6 Å². The number of likely N-dealkylation sites (N-methyl/N-ethyl adjacent to an activating group) is 1. The molecule has 40 heavy (non-hydrogen) atoms. The molecule has 1 aromatic heterocycles. The number of hydrogen-bond acceptors (Lipinski definition) is 6. The number of carbonyl (C=O) groups is 2. The fourth-order valence-corrected chi connectivity index (χ4v) is 5.65. The fourth-order valence-electron chi connectivity index (χ4n) is 5.52. The van der Waals surface area contributed by atoms with Crippen LogP contribution in [0.3, 0.4) is 0 Å². The van der Waals surface area contributed by atoms with Crippen molar-refractivity contribution < 1.29 is 23.1 Å². The molecule has 2 fully saturated rings. The van der Waals surface area contributed by atoms with Crippen LogP contribution in [0.15, 0.2) is 60.8 Å². The molecule has 2 aromatic carbocycles. The molecule has 0 aliphatic carbocycles. The quantitative estimate of drug-likeness (QED) is 0.468. The zero-order valence-electron chi connectivity index (χ0n) is 22.0. The lowest BCUT2D eigenvalue weighted by molar-refractivity contribution is -0.135. The smallest absolute Gasteiger partial charge is 0.410 e. The van der Waals surface area contributed by atoms with Crippen molar-refractivity contribution in [1.29, 1.82) is 0 Å². The SMILES string of the molecule is CN(C(=O)Oc1cc(F)cc(F)c1)[C@@H]1CN(C(=O)C2CCN(c3ccc(N)nc3)CC2)C[C@H]1c1ccc(Cl)cc1. The Bertz CT molecular complexity index is 1350. The maximum atomic E-state index is 13.7. The highest BCUT2D eigenvalue weighted by Gasteiger charge is 2.42. The first-order chi connectivity index (χ1) is 19.2. The van der Waals surface area contributed by atoms with E-state index in [-0.39, 0.29) is 23.5 Å². The van der Waals surface area contributed by atoms with Crippen LogP contribution in [0.4, 0.5) is 25.1 Å². The van der Waals surface area contributed by atoms with Crippen LogP contribution in [-0.2, 0) is 4.79 Å². The Labute approximate surface area is 236 Å². The van der Waals surface area contributed by atoms with Gasteiger partial charge in [-0.1, -0.05) is 23.7 Å². The van der Waals surface area contributed by atoms with Gasteiger partial charge < -0.3 is 25.2 Å². The van der Waals surface area contributed by atoms with Crippen LogP contribution >= 0.6 is 11.6 Å². The summed E-state index contributed by atoms with van der Waals surface area (Å²) in [5.41, 5.74) is 7.60. The number of rotatable bonds is 5. The first-order valence-corrected chi connectivity index (χ1v) is 13.5. The van der Waals surface area contributed by atoms with Gasteiger partial charge >= 0.3 is 6.09 Å². The molecule has 3 heterocycles. The van der Waals surface area contributed by atoms with Crippen molar-refractivity contribution in [2.75, 3.05) is 43.9 Å². The molecule has 210 valence electrons. The molecule has 2 aliphatic rings. The molecular formula is C29H30ClF2N5O3. The van der Waals surface area contributed by atoms with Gasteiger partial charge in [-0.2, -0.15) is 0 Å². The van der Waals surface area contributed by atoms with Crippen molar-refractivity contribution in [3.05, 3.63) is 83.0 Å². The van der Waals surface area contributed by atoms with Crippen LogP contribution in [0.1, 0.15) is 24.3 Å². The third-order valence-corrected chi connectivity index (χ3v) is 7.96. The highest BCUT2D eigenvalue weighted by atomic mass is 35.5. The van der Waals surface area contributed by atoms with Gasteiger partial charge in [0.25, 0.3) is 0 Å². The summed E-state index contributed by atoms with van der Waals surface area (Å²) >= 11 is 6.10. The highest BCUT2D eigenvalue weighted by Crippen LogP contribution is 2.34. The molecule has 0 unspecified atom stereocenters. The normalized spacial score (nSPS) is 19.5. The van der Waals surface area contributed by atoms with Crippen molar-refractivity contribution in [2.45, 2.75) is 24.8 Å². The fraction of sp³-hybridized carbons (Fsp3) is 0.345. The zero-order valence-corrected chi connectivity index (χ0v) is 22.7. The minimum Gasteiger partial charge on any atom is -0.410 e. The van der Waals surface area contributed by atoms with E-state index in [1.165, 1.54) is 4.90 Å². The van der Waals surface area contributed by atoms with Gasteiger partial charge in [0.1, 0.15) is 23.2 Å². The van der Waals surface area contributed by atoms with Crippen molar-refractivity contribution >= 4 is 35.1 Å². The van der Waals surface area contributed by atoms with E-state index in [4.69, 9.17) is 22.1 Å². The van der Waals surface area contributed by atoms with Crippen molar-refractivity contribution in [3.8, 4) is 5.75 Å². The monoisotopic (exact) mass is 569 g/mol. The zero-order chi connectivity index (χ0) is 28.4. The highest BCUT2D eigenvalue weighted by molar-refractivity contribution is 6.30. The summed E-state index contributed by atoms with van der Waals surface area (Å²) in [6.07, 6.45) is 2.36. The van der Waals surface area contributed by atoms with Gasteiger partial charge in [0.05, 0.1) is 17.9 Å². The Balaban J connectivity index is 1.29. The molecule has 0 bridgehead atoms. The predicted molar refractivity (Wildman–Crippen MR) is 148 cm³/mol. The van der Waals surface area contributed by atoms with Crippen LogP contribution < -0.4 is 15.4 Å². The number of nitrogen functional groups attached to an aromatic ring is 1. The summed E-state index contributed by atoms with van der Waals surface area (Å²) in [4.78, 5) is 36.3. The van der Waals surface area contributed by atoms with E-state index < -0.39 is 23.8 Å². The van der Waals surface area contributed by atoms with E-state index in [1.807, 2.05) is 18.2 Å². The van der Waals surface area contributed by atoms with Crippen LogP contribution in [0.5, 0.6) is 5.75 Å². The number of piperidine rings is 1. The van der Waals surface area contributed by atoms with Gasteiger partial charge in [-0.3, -0.25) is 4.79 Å². The summed E-state index contributed by atoms with van der Waals surface area (Å²) in [5.74, 6) is -1.76. The molecule has 0 saturated carbocycles. The molecular weight excluding hydrogens is 540 g/mol. The third-order valence-electron chi connectivity index (χ3n) is 7.71. The Morgan fingerprint density at radius 1 is 1.02 bits per heavy atom. The van der Waals surface area contributed by atoms with Crippen LogP contribution in [0.2, 0.25) is 5.02 Å². The average molecular weight is 570 g/mol. The van der Waals surface area contributed by atoms with Crippen LogP contribution in [-0.4, -0.2) is 66.1 Å². The number of nitrogens with two attached hydrogens (primary N) is 1. The maximum Gasteiger partial charge on any atom is 0.415 e. The number of likely N-dealkylation sites (tertiary alicyclic amines) is 1. The number of ether oxygens (including phenoxy) is 1. The largest absolute Gasteiger partial charge is 0.415 e. The topological polar surface area (TPSA) is 92.0 Å².